The Labute approximate surface area is 166 Å². The van der Waals surface area contributed by atoms with Crippen LogP contribution in [-0.4, -0.2) is 36.1 Å². The number of hydrogen-bond donors (Lipinski definition) is 1. The van der Waals surface area contributed by atoms with Crippen molar-refractivity contribution in [3.05, 3.63) is 58.1 Å². The summed E-state index contributed by atoms with van der Waals surface area (Å²) in [7, 11) is 1.67. The summed E-state index contributed by atoms with van der Waals surface area (Å²) in [5, 5.41) is 2.90. The van der Waals surface area contributed by atoms with Crippen LogP contribution in [0.1, 0.15) is 27.8 Å². The molecule has 2 aromatic rings. The van der Waals surface area contributed by atoms with Crippen LogP contribution in [0.4, 0.5) is 5.69 Å². The lowest BCUT2D eigenvalue weighted by molar-refractivity contribution is -0.131. The number of carbonyl (C=O) groups excluding carboxylic acids is 2. The van der Waals surface area contributed by atoms with E-state index in [1.165, 1.54) is 33.4 Å². The second-order valence-electron chi connectivity index (χ2n) is 7.13. The van der Waals surface area contributed by atoms with Crippen LogP contribution in [0.25, 0.3) is 0 Å². The third kappa shape index (κ3) is 5.86. The fraction of sp³-hybridized carbons (Fsp3) is 0.364. The molecule has 0 fully saturated rings. The monoisotopic (exact) mass is 384 g/mol. The lowest BCUT2D eigenvalue weighted by Gasteiger charge is -2.18. The summed E-state index contributed by atoms with van der Waals surface area (Å²) in [5.41, 5.74) is 6.47. The Balaban J connectivity index is 1.92. The topological polar surface area (TPSA) is 49.4 Å². The predicted molar refractivity (Wildman–Crippen MR) is 114 cm³/mol. The Hall–Kier alpha value is -2.27. The number of anilines is 1. The van der Waals surface area contributed by atoms with Crippen LogP contribution in [0.15, 0.2) is 35.2 Å². The molecule has 0 saturated heterocycles. The Morgan fingerprint density at radius 1 is 0.926 bits per heavy atom. The summed E-state index contributed by atoms with van der Waals surface area (Å²) in [5.74, 6) is 0.0700. The van der Waals surface area contributed by atoms with Gasteiger partial charge in [-0.2, -0.15) is 0 Å². The van der Waals surface area contributed by atoms with Crippen molar-refractivity contribution in [3.63, 3.8) is 0 Å². The minimum atomic E-state index is -0.188. The van der Waals surface area contributed by atoms with E-state index in [9.17, 15) is 9.59 Å². The van der Waals surface area contributed by atoms with E-state index in [4.69, 9.17) is 0 Å². The SMILES string of the molecule is Cc1cc(C)c(SCC(=O)N(C)CC(=O)Nc2cc(C)ccc2C)c(C)c1. The largest absolute Gasteiger partial charge is 0.336 e. The van der Waals surface area contributed by atoms with Crippen molar-refractivity contribution in [2.24, 2.45) is 0 Å². The van der Waals surface area contributed by atoms with Crippen molar-refractivity contribution in [1.29, 1.82) is 0 Å². The van der Waals surface area contributed by atoms with E-state index in [2.05, 4.69) is 38.2 Å². The number of rotatable bonds is 6. The maximum Gasteiger partial charge on any atom is 0.243 e. The van der Waals surface area contributed by atoms with Crippen molar-refractivity contribution >= 4 is 29.3 Å². The summed E-state index contributed by atoms with van der Waals surface area (Å²) in [6.07, 6.45) is 0. The number of benzene rings is 2. The number of hydrogen-bond acceptors (Lipinski definition) is 3. The summed E-state index contributed by atoms with van der Waals surface area (Å²) in [6.45, 7) is 10.2. The third-order valence-electron chi connectivity index (χ3n) is 4.42. The molecule has 0 heterocycles. The first kappa shape index (κ1) is 21.0. The van der Waals surface area contributed by atoms with E-state index in [1.807, 2.05) is 32.0 Å². The van der Waals surface area contributed by atoms with Gasteiger partial charge in [0, 0.05) is 17.6 Å². The lowest BCUT2D eigenvalue weighted by atomic mass is 10.1. The molecule has 5 heteroatoms. The van der Waals surface area contributed by atoms with Gasteiger partial charge in [-0.05, 0) is 62.9 Å². The molecule has 2 rings (SSSR count). The molecule has 144 valence electrons. The summed E-state index contributed by atoms with van der Waals surface area (Å²) in [4.78, 5) is 27.4. The van der Waals surface area contributed by atoms with Crippen molar-refractivity contribution in [2.75, 3.05) is 24.7 Å². The van der Waals surface area contributed by atoms with E-state index in [1.54, 1.807) is 7.05 Å². The van der Waals surface area contributed by atoms with E-state index in [0.717, 1.165) is 21.7 Å². The minimum Gasteiger partial charge on any atom is -0.336 e. The molecule has 4 nitrogen and oxygen atoms in total. The van der Waals surface area contributed by atoms with Crippen LogP contribution in [0.5, 0.6) is 0 Å². The first-order valence-electron chi connectivity index (χ1n) is 8.99. The molecule has 27 heavy (non-hydrogen) atoms. The standard InChI is InChI=1S/C22H28N2O2S/c1-14-7-8-16(3)19(11-14)23-20(25)12-24(6)21(26)13-27-22-17(4)9-15(2)10-18(22)5/h7-11H,12-13H2,1-6H3,(H,23,25). The average Bonchev–Trinajstić information content (AvgIpc) is 2.56. The molecule has 0 radical (unpaired) electrons. The van der Waals surface area contributed by atoms with Crippen molar-refractivity contribution in [1.82, 2.24) is 4.90 Å². The Morgan fingerprint density at radius 2 is 1.56 bits per heavy atom. The highest BCUT2D eigenvalue weighted by molar-refractivity contribution is 8.00. The van der Waals surface area contributed by atoms with E-state index in [-0.39, 0.29) is 18.4 Å². The van der Waals surface area contributed by atoms with Gasteiger partial charge in [-0.3, -0.25) is 9.59 Å². The molecule has 0 aliphatic heterocycles. The molecule has 2 aromatic carbocycles. The Kier molecular flexibility index (Phi) is 7.08. The van der Waals surface area contributed by atoms with Gasteiger partial charge in [-0.25, -0.2) is 0 Å². The van der Waals surface area contributed by atoms with Gasteiger partial charge in [0.1, 0.15) is 0 Å². The highest BCUT2D eigenvalue weighted by Gasteiger charge is 2.15. The Morgan fingerprint density at radius 3 is 2.19 bits per heavy atom. The van der Waals surface area contributed by atoms with Crippen LogP contribution in [0.3, 0.4) is 0 Å². The molecule has 0 saturated carbocycles. The number of nitrogens with one attached hydrogen (secondary N) is 1. The van der Waals surface area contributed by atoms with Crippen LogP contribution < -0.4 is 5.32 Å². The zero-order chi connectivity index (χ0) is 20.1. The highest BCUT2D eigenvalue weighted by atomic mass is 32.2. The fourth-order valence-electron chi connectivity index (χ4n) is 3.00. The third-order valence-corrected chi connectivity index (χ3v) is 5.74. The van der Waals surface area contributed by atoms with Crippen molar-refractivity contribution in [3.8, 4) is 0 Å². The van der Waals surface area contributed by atoms with Gasteiger partial charge in [-0.1, -0.05) is 29.8 Å². The number of nitrogens with zero attached hydrogens (tertiary/aromatic N) is 1. The van der Waals surface area contributed by atoms with Gasteiger partial charge in [0.05, 0.1) is 12.3 Å². The fourth-order valence-corrected chi connectivity index (χ4v) is 4.06. The number of aryl methyl sites for hydroxylation is 5. The zero-order valence-electron chi connectivity index (χ0n) is 17.0. The zero-order valence-corrected chi connectivity index (χ0v) is 17.8. The molecular weight excluding hydrogens is 356 g/mol. The second kappa shape index (κ2) is 9.09. The summed E-state index contributed by atoms with van der Waals surface area (Å²) >= 11 is 1.53. The van der Waals surface area contributed by atoms with Gasteiger partial charge in [0.15, 0.2) is 0 Å². The minimum absolute atomic E-state index is 0.0403. The molecule has 2 amide bonds. The summed E-state index contributed by atoms with van der Waals surface area (Å²) < 4.78 is 0. The molecule has 0 atom stereocenters. The molecular formula is C22H28N2O2S. The quantitative estimate of drug-likeness (QED) is 0.750. The van der Waals surface area contributed by atoms with Gasteiger partial charge in [-0.15, -0.1) is 11.8 Å². The maximum absolute atomic E-state index is 12.4. The normalized spacial score (nSPS) is 10.6. The molecule has 0 aliphatic rings. The van der Waals surface area contributed by atoms with Gasteiger partial charge in [0.25, 0.3) is 0 Å². The van der Waals surface area contributed by atoms with Crippen LogP contribution >= 0.6 is 11.8 Å². The maximum atomic E-state index is 12.4. The van der Waals surface area contributed by atoms with Crippen LogP contribution in [0.2, 0.25) is 0 Å². The van der Waals surface area contributed by atoms with Crippen molar-refractivity contribution in [2.45, 2.75) is 39.5 Å². The van der Waals surface area contributed by atoms with Gasteiger partial charge >= 0.3 is 0 Å². The molecule has 0 unspecified atom stereocenters. The van der Waals surface area contributed by atoms with Crippen LogP contribution in [-0.2, 0) is 9.59 Å². The summed E-state index contributed by atoms with van der Waals surface area (Å²) in [6, 6.07) is 10.2. The number of carbonyl (C=O) groups is 2. The van der Waals surface area contributed by atoms with Gasteiger partial charge in [0.2, 0.25) is 11.8 Å². The van der Waals surface area contributed by atoms with Crippen molar-refractivity contribution < 1.29 is 9.59 Å². The molecule has 1 N–H and O–H groups in total. The molecule has 0 bridgehead atoms. The average molecular weight is 385 g/mol. The number of amides is 2. The smallest absolute Gasteiger partial charge is 0.243 e. The predicted octanol–water partition coefficient (Wildman–Crippen LogP) is 4.42. The van der Waals surface area contributed by atoms with E-state index < -0.39 is 0 Å². The van der Waals surface area contributed by atoms with Crippen LogP contribution in [0, 0.1) is 34.6 Å². The number of likely N-dealkylation sites (N-methyl/N-ethyl adjacent to an activating group) is 1. The Bertz CT molecular complexity index is 838. The highest BCUT2D eigenvalue weighted by Crippen LogP contribution is 2.27. The second-order valence-corrected chi connectivity index (χ2v) is 8.12. The van der Waals surface area contributed by atoms with E-state index >= 15 is 0 Å². The first-order valence-corrected chi connectivity index (χ1v) is 9.97. The van der Waals surface area contributed by atoms with Gasteiger partial charge < -0.3 is 10.2 Å². The lowest BCUT2D eigenvalue weighted by Crippen LogP contribution is -2.36. The molecule has 0 aromatic heterocycles. The first-order chi connectivity index (χ1) is 12.7. The molecule has 0 aliphatic carbocycles. The number of thioether (sulfide) groups is 1. The van der Waals surface area contributed by atoms with E-state index in [0.29, 0.717) is 5.75 Å². The molecule has 0 spiro atoms.